The van der Waals surface area contributed by atoms with Crippen LogP contribution in [0.2, 0.25) is 0 Å². The average molecular weight is 387 g/mol. The Morgan fingerprint density at radius 2 is 1.86 bits per heavy atom. The number of aryl methyl sites for hydroxylation is 2. The Morgan fingerprint density at radius 3 is 2.59 bits per heavy atom. The van der Waals surface area contributed by atoms with Crippen LogP contribution in [-0.4, -0.2) is 14.5 Å². The minimum atomic E-state index is -0.600. The molecule has 0 spiro atoms. The lowest BCUT2D eigenvalue weighted by Crippen LogP contribution is -2.23. The molecule has 2 heterocycles. The number of rotatable bonds is 4. The molecule has 0 saturated carbocycles. The van der Waals surface area contributed by atoms with Crippen LogP contribution < -0.4 is 5.56 Å². The summed E-state index contributed by atoms with van der Waals surface area (Å²) in [5.41, 5.74) is 3.14. The van der Waals surface area contributed by atoms with Crippen molar-refractivity contribution in [3.8, 4) is 5.69 Å². The highest BCUT2D eigenvalue weighted by molar-refractivity contribution is 5.80. The van der Waals surface area contributed by atoms with Crippen molar-refractivity contribution in [2.45, 2.75) is 13.8 Å². The minimum absolute atomic E-state index is 0.187. The van der Waals surface area contributed by atoms with Gasteiger partial charge in [0, 0.05) is 0 Å². The molecule has 7 heteroatoms. The Bertz CT molecular complexity index is 1330. The highest BCUT2D eigenvalue weighted by Crippen LogP contribution is 2.21. The number of hydrogen-bond donors (Lipinski definition) is 0. The normalized spacial score (nSPS) is 11.4. The maximum absolute atomic E-state index is 13.3. The van der Waals surface area contributed by atoms with Gasteiger partial charge in [0.05, 0.1) is 22.7 Å². The summed E-state index contributed by atoms with van der Waals surface area (Å²) in [6.07, 6.45) is 3.18. The molecule has 7 nitrogen and oxygen atoms in total. The predicted octanol–water partition coefficient (Wildman–Crippen LogP) is 4.67. The third-order valence-corrected chi connectivity index (χ3v) is 4.58. The molecule has 4 aromatic rings. The van der Waals surface area contributed by atoms with Crippen LogP contribution >= 0.6 is 0 Å². The van der Waals surface area contributed by atoms with Crippen molar-refractivity contribution >= 4 is 28.9 Å². The molecule has 0 atom stereocenters. The molecule has 4 rings (SSSR count). The van der Waals surface area contributed by atoms with Gasteiger partial charge in [-0.15, -0.1) is 0 Å². The van der Waals surface area contributed by atoms with Crippen LogP contribution in [-0.2, 0) is 0 Å². The van der Waals surface area contributed by atoms with E-state index < -0.39 is 4.92 Å². The summed E-state index contributed by atoms with van der Waals surface area (Å²) in [5, 5.41) is 11.3. The molecule has 0 aliphatic rings. The molecule has 0 saturated heterocycles. The molecular weight excluding hydrogens is 370 g/mol. The van der Waals surface area contributed by atoms with Crippen molar-refractivity contribution in [3.63, 3.8) is 0 Å². The predicted molar refractivity (Wildman–Crippen MR) is 111 cm³/mol. The van der Waals surface area contributed by atoms with E-state index in [9.17, 15) is 14.9 Å². The number of fused-ring (bicyclic) bond motifs is 1. The second-order valence-electron chi connectivity index (χ2n) is 6.68. The van der Waals surface area contributed by atoms with Crippen LogP contribution in [0.25, 0.3) is 28.7 Å². The van der Waals surface area contributed by atoms with Crippen molar-refractivity contribution in [1.29, 1.82) is 0 Å². The lowest BCUT2D eigenvalue weighted by atomic mass is 10.1. The first kappa shape index (κ1) is 18.4. The summed E-state index contributed by atoms with van der Waals surface area (Å²) in [6.45, 7) is 3.93. The van der Waals surface area contributed by atoms with E-state index in [1.165, 1.54) is 12.1 Å². The van der Waals surface area contributed by atoms with Gasteiger partial charge in [-0.3, -0.25) is 19.5 Å². The van der Waals surface area contributed by atoms with Crippen molar-refractivity contribution in [1.82, 2.24) is 9.55 Å². The summed E-state index contributed by atoms with van der Waals surface area (Å²) in [6, 6.07) is 15.7. The number of nitro groups is 1. The smallest absolute Gasteiger partial charge is 0.401 e. The van der Waals surface area contributed by atoms with Gasteiger partial charge in [-0.05, 0) is 55.8 Å². The Balaban J connectivity index is 1.92. The largest absolute Gasteiger partial charge is 0.433 e. The Morgan fingerprint density at radius 1 is 1.07 bits per heavy atom. The van der Waals surface area contributed by atoms with Crippen LogP contribution in [0, 0.1) is 24.0 Å². The van der Waals surface area contributed by atoms with Gasteiger partial charge in [0.1, 0.15) is 16.5 Å². The van der Waals surface area contributed by atoms with Crippen LogP contribution in [0.15, 0.2) is 63.8 Å². The third kappa shape index (κ3) is 3.45. The molecule has 0 bridgehead atoms. The zero-order chi connectivity index (χ0) is 20.5. The van der Waals surface area contributed by atoms with Gasteiger partial charge < -0.3 is 4.42 Å². The zero-order valence-electron chi connectivity index (χ0n) is 15.8. The van der Waals surface area contributed by atoms with Crippen molar-refractivity contribution in [2.75, 3.05) is 0 Å². The molecule has 144 valence electrons. The summed E-state index contributed by atoms with van der Waals surface area (Å²) in [7, 11) is 0. The number of para-hydroxylation sites is 1. The van der Waals surface area contributed by atoms with E-state index >= 15 is 0 Å². The van der Waals surface area contributed by atoms with E-state index in [0.29, 0.717) is 22.5 Å². The standard InChI is InChI=1S/C22H17N3O4/c1-14-7-10-19(15(2)13-14)24-20(11-8-16-9-12-21(29-16)25(27)28)23-18-6-4-3-5-17(18)22(24)26/h3-13H,1-2H3. The van der Waals surface area contributed by atoms with Gasteiger partial charge in [0.2, 0.25) is 0 Å². The number of furan rings is 1. The number of hydrogen-bond acceptors (Lipinski definition) is 5. The molecule has 0 amide bonds. The van der Waals surface area contributed by atoms with Gasteiger partial charge in [-0.1, -0.05) is 29.8 Å². The molecule has 0 radical (unpaired) electrons. The molecule has 0 aliphatic heterocycles. The summed E-state index contributed by atoms with van der Waals surface area (Å²) in [4.78, 5) is 28.1. The maximum atomic E-state index is 13.3. The molecule has 0 aliphatic carbocycles. The highest BCUT2D eigenvalue weighted by Gasteiger charge is 2.14. The first-order valence-electron chi connectivity index (χ1n) is 8.96. The van der Waals surface area contributed by atoms with Crippen molar-refractivity contribution in [2.24, 2.45) is 0 Å². The fourth-order valence-corrected chi connectivity index (χ4v) is 3.24. The van der Waals surface area contributed by atoms with Crippen LogP contribution in [0.5, 0.6) is 0 Å². The summed E-state index contributed by atoms with van der Waals surface area (Å²) in [5.74, 6) is 0.355. The SMILES string of the molecule is Cc1ccc(-n2c(C=Cc3ccc([N+](=O)[O-])o3)nc3ccccc3c2=O)c(C)c1. The first-order chi connectivity index (χ1) is 13.9. The molecule has 2 aromatic carbocycles. The number of nitrogens with zero attached hydrogens (tertiary/aromatic N) is 3. The van der Waals surface area contributed by atoms with Crippen molar-refractivity contribution < 1.29 is 9.34 Å². The van der Waals surface area contributed by atoms with Gasteiger partial charge in [-0.2, -0.15) is 0 Å². The Hall–Kier alpha value is -4.00. The fourth-order valence-electron chi connectivity index (χ4n) is 3.24. The van der Waals surface area contributed by atoms with E-state index in [4.69, 9.17) is 4.42 Å². The second kappa shape index (κ2) is 7.20. The number of benzene rings is 2. The van der Waals surface area contributed by atoms with Crippen LogP contribution in [0.4, 0.5) is 5.88 Å². The van der Waals surface area contributed by atoms with E-state index in [-0.39, 0.29) is 11.4 Å². The first-order valence-corrected chi connectivity index (χ1v) is 8.96. The highest BCUT2D eigenvalue weighted by atomic mass is 16.6. The van der Waals surface area contributed by atoms with Crippen LogP contribution in [0.3, 0.4) is 0 Å². The molecule has 0 fully saturated rings. The Kier molecular flexibility index (Phi) is 4.56. The van der Waals surface area contributed by atoms with Gasteiger partial charge in [0.25, 0.3) is 5.56 Å². The second-order valence-corrected chi connectivity index (χ2v) is 6.68. The summed E-state index contributed by atoms with van der Waals surface area (Å²) < 4.78 is 6.72. The van der Waals surface area contributed by atoms with Gasteiger partial charge in [0.15, 0.2) is 0 Å². The average Bonchev–Trinajstić information content (AvgIpc) is 3.17. The molecule has 0 unspecified atom stereocenters. The molecule has 29 heavy (non-hydrogen) atoms. The lowest BCUT2D eigenvalue weighted by molar-refractivity contribution is -0.402. The zero-order valence-corrected chi connectivity index (χ0v) is 15.8. The van der Waals surface area contributed by atoms with E-state index in [1.54, 1.807) is 34.9 Å². The minimum Gasteiger partial charge on any atom is -0.401 e. The fraction of sp³-hybridized carbons (Fsp3) is 0.0909. The molecule has 0 N–H and O–H groups in total. The van der Waals surface area contributed by atoms with Crippen LogP contribution in [0.1, 0.15) is 22.7 Å². The van der Waals surface area contributed by atoms with E-state index in [1.807, 2.05) is 38.1 Å². The van der Waals surface area contributed by atoms with Crippen molar-refractivity contribution in [3.05, 3.63) is 97.8 Å². The topological polar surface area (TPSA) is 91.2 Å². The third-order valence-electron chi connectivity index (χ3n) is 4.58. The lowest BCUT2D eigenvalue weighted by Gasteiger charge is -2.14. The molecular formula is C22H17N3O4. The number of aromatic nitrogens is 2. The van der Waals surface area contributed by atoms with E-state index in [2.05, 4.69) is 4.98 Å². The summed E-state index contributed by atoms with van der Waals surface area (Å²) >= 11 is 0. The quantitative estimate of drug-likeness (QED) is 0.375. The monoisotopic (exact) mass is 387 g/mol. The Labute approximate surface area is 165 Å². The molecule has 2 aromatic heterocycles. The van der Waals surface area contributed by atoms with Gasteiger partial charge in [-0.25, -0.2) is 4.98 Å². The maximum Gasteiger partial charge on any atom is 0.433 e. The van der Waals surface area contributed by atoms with E-state index in [0.717, 1.165) is 16.8 Å². The van der Waals surface area contributed by atoms with Gasteiger partial charge >= 0.3 is 5.88 Å².